The van der Waals surface area contributed by atoms with Crippen molar-refractivity contribution in [2.75, 3.05) is 106 Å². The maximum Gasteiger partial charge on any atom is 0.305 e. The molecular weight excluding hydrogens is 520 g/mol. The smallest absolute Gasteiger partial charge is 0.305 e. The van der Waals surface area contributed by atoms with E-state index in [0.717, 1.165) is 13.0 Å². The SMILES string of the molecule is CCCCCCCCCCCCCOCCOCCOCCOCCOCCOCCOCCOCCC(=O)O. The number of unbranched alkanes of at least 4 members (excludes halogenated alkanes) is 10. The van der Waals surface area contributed by atoms with Crippen LogP contribution in [-0.4, -0.2) is 117 Å². The molecule has 0 amide bonds. The van der Waals surface area contributed by atoms with Crippen molar-refractivity contribution in [3.05, 3.63) is 0 Å². The minimum absolute atomic E-state index is 0.00743. The molecule has 0 spiro atoms. The van der Waals surface area contributed by atoms with Gasteiger partial charge in [0.05, 0.1) is 106 Å². The summed E-state index contributed by atoms with van der Waals surface area (Å²) in [6.07, 6.45) is 14.9. The van der Waals surface area contributed by atoms with Crippen molar-refractivity contribution in [3.63, 3.8) is 0 Å². The average Bonchev–Trinajstić information content (AvgIpc) is 2.95. The molecule has 0 aromatic heterocycles. The number of carbonyl (C=O) groups is 1. The van der Waals surface area contributed by atoms with E-state index in [-0.39, 0.29) is 13.0 Å². The number of aliphatic carboxylic acids is 1. The first-order valence-electron chi connectivity index (χ1n) is 15.6. The minimum atomic E-state index is -0.866. The van der Waals surface area contributed by atoms with E-state index < -0.39 is 5.97 Å². The molecule has 0 aliphatic rings. The third-order valence-electron chi connectivity index (χ3n) is 5.96. The van der Waals surface area contributed by atoms with Gasteiger partial charge in [-0.3, -0.25) is 4.79 Å². The Morgan fingerprint density at radius 1 is 0.375 bits per heavy atom. The van der Waals surface area contributed by atoms with Crippen LogP contribution in [0.25, 0.3) is 0 Å². The van der Waals surface area contributed by atoms with Crippen molar-refractivity contribution in [1.29, 1.82) is 0 Å². The molecule has 240 valence electrons. The lowest BCUT2D eigenvalue weighted by molar-refractivity contribution is -0.138. The van der Waals surface area contributed by atoms with Crippen LogP contribution in [0.15, 0.2) is 0 Å². The molecule has 40 heavy (non-hydrogen) atoms. The molecule has 0 rings (SSSR count). The third kappa shape index (κ3) is 37.1. The molecule has 0 aliphatic heterocycles. The molecule has 0 heterocycles. The van der Waals surface area contributed by atoms with Gasteiger partial charge in [-0.1, -0.05) is 71.1 Å². The molecule has 0 aromatic carbocycles. The largest absolute Gasteiger partial charge is 0.481 e. The van der Waals surface area contributed by atoms with Crippen LogP contribution < -0.4 is 0 Å². The normalized spacial score (nSPS) is 11.4. The van der Waals surface area contributed by atoms with Crippen molar-refractivity contribution >= 4 is 5.97 Å². The number of ether oxygens (including phenoxy) is 8. The fraction of sp³-hybridized carbons (Fsp3) is 0.967. The molecule has 1 N–H and O–H groups in total. The predicted octanol–water partition coefficient (Wildman–Crippen LogP) is 4.90. The Bertz CT molecular complexity index is 481. The third-order valence-corrected chi connectivity index (χ3v) is 5.96. The summed E-state index contributed by atoms with van der Waals surface area (Å²) in [6, 6.07) is 0. The Hall–Kier alpha value is -0.850. The van der Waals surface area contributed by atoms with E-state index in [9.17, 15) is 4.79 Å². The first-order chi connectivity index (χ1) is 19.8. The topological polar surface area (TPSA) is 111 Å². The zero-order chi connectivity index (χ0) is 29.0. The first-order valence-corrected chi connectivity index (χ1v) is 15.6. The number of hydrogen-bond acceptors (Lipinski definition) is 9. The molecular formula is C30H60O10. The van der Waals surface area contributed by atoms with Crippen LogP contribution in [0.4, 0.5) is 0 Å². The second kappa shape index (κ2) is 36.2. The van der Waals surface area contributed by atoms with Gasteiger partial charge in [-0.25, -0.2) is 0 Å². The van der Waals surface area contributed by atoms with Gasteiger partial charge in [0.1, 0.15) is 0 Å². The van der Waals surface area contributed by atoms with Crippen LogP contribution >= 0.6 is 0 Å². The van der Waals surface area contributed by atoms with Gasteiger partial charge in [-0.05, 0) is 6.42 Å². The van der Waals surface area contributed by atoms with Crippen LogP contribution in [0.2, 0.25) is 0 Å². The van der Waals surface area contributed by atoms with E-state index in [1.54, 1.807) is 0 Å². The molecule has 10 nitrogen and oxygen atoms in total. The Kier molecular flexibility index (Phi) is 35.4. The number of carboxylic acid groups (broad SMARTS) is 1. The number of hydrogen-bond donors (Lipinski definition) is 1. The van der Waals surface area contributed by atoms with Gasteiger partial charge in [0.2, 0.25) is 0 Å². The van der Waals surface area contributed by atoms with E-state index >= 15 is 0 Å². The highest BCUT2D eigenvalue weighted by atomic mass is 16.6. The highest BCUT2D eigenvalue weighted by Gasteiger charge is 1.98. The van der Waals surface area contributed by atoms with Crippen LogP contribution in [0, 0.1) is 0 Å². The quantitative estimate of drug-likeness (QED) is 0.103. The van der Waals surface area contributed by atoms with Gasteiger partial charge in [0.15, 0.2) is 0 Å². The molecule has 10 heteroatoms. The Labute approximate surface area is 243 Å². The zero-order valence-corrected chi connectivity index (χ0v) is 25.4. The molecule has 0 fully saturated rings. The highest BCUT2D eigenvalue weighted by Crippen LogP contribution is 2.11. The van der Waals surface area contributed by atoms with E-state index in [4.69, 9.17) is 43.0 Å². The summed E-state index contributed by atoms with van der Waals surface area (Å²) < 4.78 is 43.4. The predicted molar refractivity (Wildman–Crippen MR) is 155 cm³/mol. The summed E-state index contributed by atoms with van der Waals surface area (Å²) in [7, 11) is 0. The van der Waals surface area contributed by atoms with Gasteiger partial charge in [-0.2, -0.15) is 0 Å². The van der Waals surface area contributed by atoms with Gasteiger partial charge in [0, 0.05) is 6.61 Å². The van der Waals surface area contributed by atoms with E-state index in [1.807, 2.05) is 0 Å². The average molecular weight is 581 g/mol. The molecule has 0 unspecified atom stereocenters. The zero-order valence-electron chi connectivity index (χ0n) is 25.4. The van der Waals surface area contributed by atoms with E-state index in [0.29, 0.717) is 92.5 Å². The second-order valence-electron chi connectivity index (χ2n) is 9.58. The van der Waals surface area contributed by atoms with Crippen molar-refractivity contribution in [2.24, 2.45) is 0 Å². The maximum atomic E-state index is 10.3. The maximum absolute atomic E-state index is 10.3. The van der Waals surface area contributed by atoms with Crippen molar-refractivity contribution in [3.8, 4) is 0 Å². The standard InChI is InChI=1S/C30H60O10/c1-2-3-4-5-6-7-8-9-10-11-12-14-33-16-18-35-20-22-37-24-26-39-28-29-40-27-25-38-23-21-36-19-17-34-15-13-30(31)32/h2-29H2,1H3,(H,31,32). The summed E-state index contributed by atoms with van der Waals surface area (Å²) in [5.74, 6) is -0.866. The van der Waals surface area contributed by atoms with Crippen LogP contribution in [0.1, 0.15) is 84.0 Å². The summed E-state index contributed by atoms with van der Waals surface area (Å²) in [4.78, 5) is 10.3. The van der Waals surface area contributed by atoms with E-state index in [1.165, 1.54) is 64.2 Å². The second-order valence-corrected chi connectivity index (χ2v) is 9.58. The number of carboxylic acids is 1. The first kappa shape index (κ1) is 39.1. The molecule has 0 saturated carbocycles. The van der Waals surface area contributed by atoms with Crippen molar-refractivity contribution in [1.82, 2.24) is 0 Å². The lowest BCUT2D eigenvalue weighted by atomic mass is 10.1. The summed E-state index contributed by atoms with van der Waals surface area (Å²) in [5, 5.41) is 8.48. The fourth-order valence-corrected chi connectivity index (χ4v) is 3.67. The van der Waals surface area contributed by atoms with Gasteiger partial charge in [0.25, 0.3) is 0 Å². The molecule has 0 saturated heterocycles. The molecule has 0 radical (unpaired) electrons. The van der Waals surface area contributed by atoms with Gasteiger partial charge >= 0.3 is 5.97 Å². The van der Waals surface area contributed by atoms with E-state index in [2.05, 4.69) is 6.92 Å². The highest BCUT2D eigenvalue weighted by molar-refractivity contribution is 5.66. The van der Waals surface area contributed by atoms with Gasteiger partial charge in [-0.15, -0.1) is 0 Å². The molecule has 0 bridgehead atoms. The van der Waals surface area contributed by atoms with Gasteiger partial charge < -0.3 is 43.0 Å². The molecule has 0 aromatic rings. The Morgan fingerprint density at radius 3 is 0.925 bits per heavy atom. The van der Waals surface area contributed by atoms with Crippen LogP contribution in [0.3, 0.4) is 0 Å². The van der Waals surface area contributed by atoms with Crippen molar-refractivity contribution in [2.45, 2.75) is 84.0 Å². The summed E-state index contributed by atoms with van der Waals surface area (Å²) >= 11 is 0. The summed E-state index contributed by atoms with van der Waals surface area (Å²) in [5.41, 5.74) is 0. The van der Waals surface area contributed by atoms with Crippen LogP contribution in [-0.2, 0) is 42.7 Å². The fourth-order valence-electron chi connectivity index (χ4n) is 3.67. The lowest BCUT2D eigenvalue weighted by Gasteiger charge is -2.08. The molecule has 0 atom stereocenters. The number of rotatable bonds is 36. The Balaban J connectivity index is 3.03. The van der Waals surface area contributed by atoms with Crippen molar-refractivity contribution < 1.29 is 47.8 Å². The molecule has 0 aliphatic carbocycles. The lowest BCUT2D eigenvalue weighted by Crippen LogP contribution is -2.15. The minimum Gasteiger partial charge on any atom is -0.481 e. The summed E-state index contributed by atoms with van der Waals surface area (Å²) in [6.45, 7) is 10.5. The van der Waals surface area contributed by atoms with Crippen LogP contribution in [0.5, 0.6) is 0 Å². The Morgan fingerprint density at radius 2 is 0.625 bits per heavy atom. The monoisotopic (exact) mass is 580 g/mol.